The number of fused-ring (bicyclic) bond motifs is 1. The highest BCUT2D eigenvalue weighted by atomic mass is 16.5. The average Bonchev–Trinajstić information content (AvgIpc) is 2.92. The van der Waals surface area contributed by atoms with Crippen LogP contribution in [-0.4, -0.2) is 54.5 Å². The third-order valence-electron chi connectivity index (χ3n) is 5.31. The number of nitrogens with zero attached hydrogens (tertiary/aromatic N) is 3. The maximum atomic E-state index is 12.8. The average molecular weight is 398 g/mol. The van der Waals surface area contributed by atoms with Crippen LogP contribution in [0.5, 0.6) is 0 Å². The number of rotatable bonds is 3. The molecule has 2 aromatic rings. The second kappa shape index (κ2) is 8.39. The fraction of sp³-hybridized carbons (Fsp3) is 0.522. The Morgan fingerprint density at radius 1 is 1.14 bits per heavy atom. The van der Waals surface area contributed by atoms with Crippen LogP contribution in [0.25, 0.3) is 10.9 Å². The number of hydrogen-bond donors (Lipinski definition) is 0. The van der Waals surface area contributed by atoms with Crippen molar-refractivity contribution in [3.8, 4) is 0 Å². The standard InChI is InChI=1S/C23H31N3O3/c1-6-29-21(27)18-15-24-19-16(2)9-7-10-17(19)20(18)25-11-8-12-26(14-13-25)22(28)23(3,4)5/h7,9-10,15H,6,8,11-14H2,1-5H3. The van der Waals surface area contributed by atoms with Crippen molar-refractivity contribution >= 4 is 28.5 Å². The monoisotopic (exact) mass is 397 g/mol. The third-order valence-corrected chi connectivity index (χ3v) is 5.31. The second-order valence-electron chi connectivity index (χ2n) is 8.59. The number of aromatic nitrogens is 1. The van der Waals surface area contributed by atoms with E-state index in [9.17, 15) is 9.59 Å². The molecule has 0 N–H and O–H groups in total. The van der Waals surface area contributed by atoms with Gasteiger partial charge in [-0.05, 0) is 25.8 Å². The molecule has 156 valence electrons. The van der Waals surface area contributed by atoms with E-state index in [1.54, 1.807) is 13.1 Å². The molecule has 1 amide bonds. The summed E-state index contributed by atoms with van der Waals surface area (Å²) in [6.45, 7) is 12.8. The maximum Gasteiger partial charge on any atom is 0.341 e. The number of para-hydroxylation sites is 1. The summed E-state index contributed by atoms with van der Waals surface area (Å²) in [5, 5.41) is 0.950. The Bertz CT molecular complexity index is 917. The van der Waals surface area contributed by atoms with Gasteiger partial charge in [-0.15, -0.1) is 0 Å². The predicted octanol–water partition coefficient (Wildman–Crippen LogP) is 3.80. The second-order valence-corrected chi connectivity index (χ2v) is 8.59. The summed E-state index contributed by atoms with van der Waals surface area (Å²) in [5.74, 6) is -0.189. The minimum atomic E-state index is -0.397. The minimum absolute atomic E-state index is 0.167. The molecule has 29 heavy (non-hydrogen) atoms. The van der Waals surface area contributed by atoms with Crippen LogP contribution in [0.4, 0.5) is 5.69 Å². The van der Waals surface area contributed by atoms with Crippen molar-refractivity contribution in [1.82, 2.24) is 9.88 Å². The normalized spacial score (nSPS) is 15.3. The predicted molar refractivity (Wildman–Crippen MR) is 115 cm³/mol. The molecule has 1 aromatic heterocycles. The van der Waals surface area contributed by atoms with Gasteiger partial charge in [0.2, 0.25) is 5.91 Å². The van der Waals surface area contributed by atoms with E-state index in [-0.39, 0.29) is 11.9 Å². The molecule has 0 aliphatic carbocycles. The van der Waals surface area contributed by atoms with Gasteiger partial charge in [0.1, 0.15) is 5.56 Å². The molecule has 1 fully saturated rings. The SMILES string of the molecule is CCOC(=O)c1cnc2c(C)cccc2c1N1CCCN(C(=O)C(C)(C)C)CC1. The number of esters is 1. The summed E-state index contributed by atoms with van der Waals surface area (Å²) in [6, 6.07) is 6.02. The lowest BCUT2D eigenvalue weighted by molar-refractivity contribution is -0.139. The molecule has 3 rings (SSSR count). The molecular weight excluding hydrogens is 366 g/mol. The van der Waals surface area contributed by atoms with Crippen molar-refractivity contribution in [3.05, 3.63) is 35.5 Å². The van der Waals surface area contributed by atoms with Crippen molar-refractivity contribution in [2.24, 2.45) is 5.41 Å². The van der Waals surface area contributed by atoms with Crippen LogP contribution in [0.2, 0.25) is 0 Å². The molecule has 1 aromatic carbocycles. The quantitative estimate of drug-likeness (QED) is 0.737. The Kier molecular flexibility index (Phi) is 6.10. The summed E-state index contributed by atoms with van der Waals surface area (Å²) >= 11 is 0. The van der Waals surface area contributed by atoms with E-state index in [1.807, 2.05) is 50.8 Å². The van der Waals surface area contributed by atoms with Gasteiger partial charge in [-0.3, -0.25) is 9.78 Å². The van der Waals surface area contributed by atoms with Crippen LogP contribution in [0.1, 0.15) is 50.0 Å². The lowest BCUT2D eigenvalue weighted by atomic mass is 9.94. The maximum absolute atomic E-state index is 12.8. The van der Waals surface area contributed by atoms with E-state index in [0.717, 1.165) is 41.7 Å². The molecule has 0 spiro atoms. The molecule has 0 unspecified atom stereocenters. The molecule has 6 nitrogen and oxygen atoms in total. The number of benzene rings is 1. The smallest absolute Gasteiger partial charge is 0.341 e. The molecule has 1 aliphatic rings. The van der Waals surface area contributed by atoms with E-state index < -0.39 is 5.41 Å². The van der Waals surface area contributed by atoms with Gasteiger partial charge in [-0.25, -0.2) is 4.79 Å². The summed E-state index contributed by atoms with van der Waals surface area (Å²) in [6.07, 6.45) is 2.48. The van der Waals surface area contributed by atoms with Gasteiger partial charge in [0.25, 0.3) is 0 Å². The van der Waals surface area contributed by atoms with Crippen LogP contribution in [0.3, 0.4) is 0 Å². The van der Waals surface area contributed by atoms with E-state index in [0.29, 0.717) is 25.3 Å². The first kappa shape index (κ1) is 21.1. The topological polar surface area (TPSA) is 62.7 Å². The summed E-state index contributed by atoms with van der Waals surface area (Å²) < 4.78 is 5.30. The van der Waals surface area contributed by atoms with Crippen LogP contribution in [0, 0.1) is 12.3 Å². The van der Waals surface area contributed by atoms with Gasteiger partial charge in [0, 0.05) is 43.2 Å². The van der Waals surface area contributed by atoms with Crippen LogP contribution < -0.4 is 4.90 Å². The largest absolute Gasteiger partial charge is 0.462 e. The summed E-state index contributed by atoms with van der Waals surface area (Å²) in [4.78, 5) is 34.1. The van der Waals surface area contributed by atoms with E-state index in [2.05, 4.69) is 9.88 Å². The number of carbonyl (C=O) groups excluding carboxylic acids is 2. The molecule has 0 radical (unpaired) electrons. The Hall–Kier alpha value is -2.63. The Morgan fingerprint density at radius 3 is 2.59 bits per heavy atom. The first-order valence-corrected chi connectivity index (χ1v) is 10.3. The lowest BCUT2D eigenvalue weighted by Crippen LogP contribution is -2.41. The van der Waals surface area contributed by atoms with Crippen molar-refractivity contribution in [2.45, 2.75) is 41.0 Å². The molecule has 0 atom stereocenters. The van der Waals surface area contributed by atoms with Gasteiger partial charge in [-0.1, -0.05) is 39.0 Å². The van der Waals surface area contributed by atoms with E-state index >= 15 is 0 Å². The molecule has 6 heteroatoms. The van der Waals surface area contributed by atoms with Gasteiger partial charge in [-0.2, -0.15) is 0 Å². The molecule has 0 saturated carbocycles. The first-order valence-electron chi connectivity index (χ1n) is 10.3. The number of aryl methyl sites for hydroxylation is 1. The van der Waals surface area contributed by atoms with Gasteiger partial charge >= 0.3 is 5.97 Å². The Labute approximate surface area is 172 Å². The molecule has 1 aliphatic heterocycles. The number of anilines is 1. The van der Waals surface area contributed by atoms with Crippen molar-refractivity contribution in [3.63, 3.8) is 0 Å². The molecule has 2 heterocycles. The Morgan fingerprint density at radius 2 is 1.90 bits per heavy atom. The number of carbonyl (C=O) groups is 2. The first-order chi connectivity index (χ1) is 13.7. The van der Waals surface area contributed by atoms with Crippen LogP contribution in [-0.2, 0) is 9.53 Å². The zero-order chi connectivity index (χ0) is 21.2. The number of hydrogen-bond acceptors (Lipinski definition) is 5. The minimum Gasteiger partial charge on any atom is -0.462 e. The zero-order valence-corrected chi connectivity index (χ0v) is 18.1. The molecule has 0 bridgehead atoms. The number of ether oxygens (including phenoxy) is 1. The fourth-order valence-corrected chi connectivity index (χ4v) is 3.87. The van der Waals surface area contributed by atoms with Crippen LogP contribution in [0.15, 0.2) is 24.4 Å². The van der Waals surface area contributed by atoms with Gasteiger partial charge < -0.3 is 14.5 Å². The molecular formula is C23H31N3O3. The third kappa shape index (κ3) is 4.36. The van der Waals surface area contributed by atoms with E-state index in [4.69, 9.17) is 4.74 Å². The highest BCUT2D eigenvalue weighted by Gasteiger charge is 2.30. The van der Waals surface area contributed by atoms with E-state index in [1.165, 1.54) is 0 Å². The van der Waals surface area contributed by atoms with Crippen molar-refractivity contribution < 1.29 is 14.3 Å². The fourth-order valence-electron chi connectivity index (χ4n) is 3.87. The van der Waals surface area contributed by atoms with Crippen molar-refractivity contribution in [1.29, 1.82) is 0 Å². The Balaban J connectivity index is 2.01. The lowest BCUT2D eigenvalue weighted by Gasteiger charge is -2.29. The zero-order valence-electron chi connectivity index (χ0n) is 18.1. The van der Waals surface area contributed by atoms with Crippen LogP contribution >= 0.6 is 0 Å². The highest BCUT2D eigenvalue weighted by Crippen LogP contribution is 2.32. The summed E-state index contributed by atoms with van der Waals surface area (Å²) in [7, 11) is 0. The van der Waals surface area contributed by atoms with Crippen molar-refractivity contribution in [2.75, 3.05) is 37.7 Å². The van der Waals surface area contributed by atoms with Gasteiger partial charge in [0.05, 0.1) is 17.8 Å². The number of amides is 1. The summed E-state index contributed by atoms with van der Waals surface area (Å²) in [5.41, 5.74) is 2.91. The number of pyridine rings is 1. The highest BCUT2D eigenvalue weighted by molar-refractivity contribution is 6.06. The molecule has 1 saturated heterocycles. The van der Waals surface area contributed by atoms with Gasteiger partial charge in [0.15, 0.2) is 0 Å².